The second-order valence-corrected chi connectivity index (χ2v) is 3.65. The zero-order valence-corrected chi connectivity index (χ0v) is 12.4. The molecule has 0 heterocycles. The molecule has 2 rings (SSSR count). The molecule has 0 aliphatic heterocycles. The van der Waals surface area contributed by atoms with Crippen LogP contribution in [-0.2, 0) is 26.2 Å². The van der Waals surface area contributed by atoms with E-state index in [9.17, 15) is 0 Å². The van der Waals surface area contributed by atoms with Gasteiger partial charge < -0.3 is 24.8 Å². The van der Waals surface area contributed by atoms with Gasteiger partial charge in [-0.3, -0.25) is 0 Å². The zero-order valence-electron chi connectivity index (χ0n) is 8.39. The topological polar surface area (TPSA) is 0 Å². The van der Waals surface area contributed by atoms with Crippen molar-refractivity contribution in [2.45, 2.75) is 38.5 Å². The van der Waals surface area contributed by atoms with Crippen LogP contribution in [0.1, 0.15) is 42.7 Å². The van der Waals surface area contributed by atoms with Gasteiger partial charge in [-0.25, -0.2) is 0 Å². The van der Waals surface area contributed by atoms with E-state index in [2.05, 4.69) is 25.1 Å². The van der Waals surface area contributed by atoms with Gasteiger partial charge in [-0.15, -0.1) is 0 Å². The maximum Gasteiger partial charge on any atom is 3.00 e. The molecule has 14 heavy (non-hydrogen) atoms. The normalized spacial score (nSPS) is 15.2. The van der Waals surface area contributed by atoms with Crippen molar-refractivity contribution in [1.82, 2.24) is 0 Å². The Balaban J connectivity index is 0. The maximum atomic E-state index is 2.30. The van der Waals surface area contributed by atoms with E-state index in [-0.39, 0.29) is 51.0 Å². The van der Waals surface area contributed by atoms with Crippen molar-refractivity contribution < 1.29 is 51.0 Å². The zero-order chi connectivity index (χ0) is 7.68. The van der Waals surface area contributed by atoms with Gasteiger partial charge >= 0.3 is 26.2 Å². The third-order valence-corrected chi connectivity index (χ3v) is 2.87. The van der Waals surface area contributed by atoms with E-state index in [1.807, 2.05) is 0 Å². The number of hydrogen-bond acceptors (Lipinski definition) is 0. The molecule has 1 fully saturated rings. The van der Waals surface area contributed by atoms with Crippen molar-refractivity contribution in [3.05, 3.63) is 29.3 Å². The van der Waals surface area contributed by atoms with Crippen molar-refractivity contribution >= 4 is 0 Å². The average Bonchev–Trinajstić information content (AvgIpc) is 2.55. The van der Waals surface area contributed by atoms with Crippen LogP contribution in [-0.4, -0.2) is 0 Å². The molecule has 0 bridgehead atoms. The smallest absolute Gasteiger partial charge is 1.00 e. The van der Waals surface area contributed by atoms with E-state index in [0.29, 0.717) is 0 Å². The first kappa shape index (κ1) is 17.2. The summed E-state index contributed by atoms with van der Waals surface area (Å²) in [7, 11) is 0. The predicted octanol–water partition coefficient (Wildman–Crippen LogP) is -2.62. The third kappa shape index (κ3) is 3.76. The fourth-order valence-electron chi connectivity index (χ4n) is 2.22. The number of rotatable bonds is 1. The van der Waals surface area contributed by atoms with Crippen LogP contribution in [0.4, 0.5) is 0 Å². The van der Waals surface area contributed by atoms with Gasteiger partial charge in [-0.2, -0.15) is 29.3 Å². The molecule has 0 N–H and O–H groups in total. The minimum atomic E-state index is 0. The van der Waals surface area contributed by atoms with Gasteiger partial charge in [0.2, 0.25) is 0 Å². The van der Waals surface area contributed by atoms with Crippen molar-refractivity contribution in [3.63, 3.8) is 0 Å². The van der Waals surface area contributed by atoms with Gasteiger partial charge in [0.25, 0.3) is 0 Å². The van der Waals surface area contributed by atoms with Crippen LogP contribution >= 0.6 is 0 Å². The summed E-state index contributed by atoms with van der Waals surface area (Å²) >= 11 is 0. The van der Waals surface area contributed by atoms with Crippen molar-refractivity contribution in [3.8, 4) is 0 Å². The first-order valence-corrected chi connectivity index (χ1v) is 4.60. The van der Waals surface area contributed by atoms with E-state index < -0.39 is 0 Å². The number of hydrogen-bond donors (Lipinski definition) is 0. The van der Waals surface area contributed by atoms with Gasteiger partial charge in [-0.05, 0) is 0 Å². The fraction of sp³-hybridized carbons (Fsp3) is 0.545. The van der Waals surface area contributed by atoms with E-state index in [4.69, 9.17) is 0 Å². The Morgan fingerprint density at radius 1 is 1.14 bits per heavy atom. The summed E-state index contributed by atoms with van der Waals surface area (Å²) in [6.07, 6.45) is 5.72. The second kappa shape index (κ2) is 8.02. The summed E-state index contributed by atoms with van der Waals surface area (Å²) < 4.78 is 0. The molecule has 0 nitrogen and oxygen atoms in total. The Morgan fingerprint density at radius 3 is 2.14 bits per heavy atom. The number of aryl methyl sites for hydroxylation is 1. The molecule has 0 unspecified atom stereocenters. The molecule has 3 heteroatoms. The minimum absolute atomic E-state index is 0. The quantitative estimate of drug-likeness (QED) is 0.498. The maximum absolute atomic E-state index is 2.30. The van der Waals surface area contributed by atoms with E-state index in [1.165, 1.54) is 31.2 Å². The molecule has 1 aliphatic rings. The molecule has 1 aromatic carbocycles. The Bertz CT molecular complexity index is 239. The summed E-state index contributed by atoms with van der Waals surface area (Å²) in [6, 6.07) is 6.71. The largest absolute Gasteiger partial charge is 3.00 e. The van der Waals surface area contributed by atoms with Crippen LogP contribution in [0.2, 0.25) is 0 Å². The Morgan fingerprint density at radius 2 is 1.71 bits per heavy atom. The van der Waals surface area contributed by atoms with Gasteiger partial charge in [0.15, 0.2) is 0 Å². The SMILES string of the molecule is Cc1c[cH-]cc1C1CCCC1.[Cl-].[Cl-].[Zr+3]. The predicted molar refractivity (Wildman–Crippen MR) is 48.0 cm³/mol. The van der Waals surface area contributed by atoms with Crippen LogP contribution in [0, 0.1) is 6.92 Å². The summed E-state index contributed by atoms with van der Waals surface area (Å²) in [5, 5.41) is 0. The van der Waals surface area contributed by atoms with Crippen LogP contribution in [0.3, 0.4) is 0 Å². The van der Waals surface area contributed by atoms with Gasteiger partial charge in [0.05, 0.1) is 0 Å². The molecule has 0 atom stereocenters. The second-order valence-electron chi connectivity index (χ2n) is 3.65. The monoisotopic (exact) mass is 307 g/mol. The molecular formula is C11H15Cl2Zr. The van der Waals surface area contributed by atoms with Crippen molar-refractivity contribution in [1.29, 1.82) is 0 Å². The summed E-state index contributed by atoms with van der Waals surface area (Å²) in [5.41, 5.74) is 3.11. The van der Waals surface area contributed by atoms with Crippen molar-refractivity contribution in [2.75, 3.05) is 0 Å². The Labute approximate surface area is 118 Å². The van der Waals surface area contributed by atoms with Crippen LogP contribution < -0.4 is 24.8 Å². The van der Waals surface area contributed by atoms with Gasteiger partial charge in [0.1, 0.15) is 0 Å². The first-order chi connectivity index (χ1) is 5.38. The van der Waals surface area contributed by atoms with Crippen LogP contribution in [0.15, 0.2) is 18.2 Å². The molecule has 0 spiro atoms. The summed E-state index contributed by atoms with van der Waals surface area (Å²) in [6.45, 7) is 2.23. The summed E-state index contributed by atoms with van der Waals surface area (Å²) in [5.74, 6) is 0.894. The van der Waals surface area contributed by atoms with Crippen molar-refractivity contribution in [2.24, 2.45) is 0 Å². The third-order valence-electron chi connectivity index (χ3n) is 2.87. The van der Waals surface area contributed by atoms with Crippen LogP contribution in [0.25, 0.3) is 0 Å². The molecule has 1 aromatic rings. The molecule has 1 radical (unpaired) electrons. The fourth-order valence-corrected chi connectivity index (χ4v) is 2.22. The molecule has 0 aromatic heterocycles. The molecule has 0 saturated heterocycles. The Hall–Kier alpha value is 0.813. The van der Waals surface area contributed by atoms with Gasteiger partial charge in [-0.1, -0.05) is 38.5 Å². The van der Waals surface area contributed by atoms with E-state index in [0.717, 1.165) is 5.92 Å². The average molecular weight is 309 g/mol. The standard InChI is InChI=1S/C11H15.2ClH.Zr/c1-9-5-4-8-11(9)10-6-2-3-7-10;;;/h4-5,8,10H,2-3,6-7H2,1H3;2*1H;/q-1;;;+3/p-2. The summed E-state index contributed by atoms with van der Waals surface area (Å²) in [4.78, 5) is 0. The minimum Gasteiger partial charge on any atom is -1.00 e. The number of halogens is 2. The first-order valence-electron chi connectivity index (χ1n) is 4.60. The Kier molecular flexibility index (Phi) is 9.86. The molecule has 1 saturated carbocycles. The molecule has 1 aliphatic carbocycles. The molecule has 77 valence electrons. The molecular weight excluding hydrogens is 294 g/mol. The van der Waals surface area contributed by atoms with E-state index >= 15 is 0 Å². The van der Waals surface area contributed by atoms with Crippen LogP contribution in [0.5, 0.6) is 0 Å². The van der Waals surface area contributed by atoms with E-state index in [1.54, 1.807) is 5.56 Å². The molecule has 0 amide bonds. The van der Waals surface area contributed by atoms with Gasteiger partial charge in [0, 0.05) is 0 Å².